The molecule has 0 saturated carbocycles. The summed E-state index contributed by atoms with van der Waals surface area (Å²) in [7, 11) is 0. The summed E-state index contributed by atoms with van der Waals surface area (Å²) < 4.78 is 0. The third-order valence-electron chi connectivity index (χ3n) is 2.52. The second-order valence-corrected chi connectivity index (χ2v) is 3.78. The van der Waals surface area contributed by atoms with Gasteiger partial charge >= 0.3 is 0 Å². The highest BCUT2D eigenvalue weighted by molar-refractivity contribution is 5.33. The summed E-state index contributed by atoms with van der Waals surface area (Å²) in [6.07, 6.45) is 8.12. The van der Waals surface area contributed by atoms with Crippen LogP contribution in [0.25, 0.3) is 0 Å². The maximum atomic E-state index is 3.98. The fourth-order valence-electron chi connectivity index (χ4n) is 1.58. The molecule has 16 heavy (non-hydrogen) atoms. The number of hydrogen-bond donors (Lipinski definition) is 2. The van der Waals surface area contributed by atoms with Crippen LogP contribution in [-0.4, -0.2) is 6.04 Å². The van der Waals surface area contributed by atoms with E-state index in [0.717, 1.165) is 12.1 Å². The normalized spacial score (nSPS) is 19.0. The average Bonchev–Trinajstić information content (AvgIpc) is 2.33. The average molecular weight is 212 g/mol. The van der Waals surface area contributed by atoms with Crippen LogP contribution in [0.3, 0.4) is 0 Å². The molecule has 82 valence electrons. The van der Waals surface area contributed by atoms with Crippen LogP contribution in [0.5, 0.6) is 0 Å². The van der Waals surface area contributed by atoms with Crippen molar-refractivity contribution in [1.82, 2.24) is 10.9 Å². The molecule has 0 fully saturated rings. The van der Waals surface area contributed by atoms with Crippen LogP contribution in [-0.2, 0) is 6.54 Å². The van der Waals surface area contributed by atoms with E-state index >= 15 is 0 Å². The zero-order chi connectivity index (χ0) is 11.2. The summed E-state index contributed by atoms with van der Waals surface area (Å²) in [6, 6.07) is 10.5. The van der Waals surface area contributed by atoms with Crippen LogP contribution < -0.4 is 10.9 Å². The van der Waals surface area contributed by atoms with Gasteiger partial charge in [0.05, 0.1) is 6.04 Å². The molecule has 2 heteroatoms. The maximum absolute atomic E-state index is 3.98. The lowest BCUT2D eigenvalue weighted by atomic mass is 10.1. The third kappa shape index (κ3) is 2.92. The van der Waals surface area contributed by atoms with E-state index in [1.54, 1.807) is 0 Å². The topological polar surface area (TPSA) is 24.1 Å². The van der Waals surface area contributed by atoms with Crippen molar-refractivity contribution in [3.05, 3.63) is 72.4 Å². The Hall–Kier alpha value is -1.64. The lowest BCUT2D eigenvalue weighted by Gasteiger charge is -2.18. The van der Waals surface area contributed by atoms with Gasteiger partial charge in [0.1, 0.15) is 0 Å². The Morgan fingerprint density at radius 1 is 1.12 bits per heavy atom. The number of rotatable bonds is 4. The van der Waals surface area contributed by atoms with Crippen LogP contribution in [0.1, 0.15) is 5.56 Å². The van der Waals surface area contributed by atoms with E-state index < -0.39 is 0 Å². The Labute approximate surface area is 96.3 Å². The molecule has 0 spiro atoms. The fraction of sp³-hybridized carbons (Fsp3) is 0.143. The van der Waals surface area contributed by atoms with E-state index in [1.807, 2.05) is 36.4 Å². The van der Waals surface area contributed by atoms with Crippen molar-refractivity contribution in [2.45, 2.75) is 12.6 Å². The first kappa shape index (κ1) is 10.9. The molecule has 0 aromatic heterocycles. The van der Waals surface area contributed by atoms with Gasteiger partial charge in [0, 0.05) is 6.54 Å². The van der Waals surface area contributed by atoms with Crippen molar-refractivity contribution >= 4 is 0 Å². The molecule has 0 amide bonds. The Kier molecular flexibility index (Phi) is 3.70. The Bertz CT molecular complexity index is 404. The Morgan fingerprint density at radius 2 is 1.94 bits per heavy atom. The smallest absolute Gasteiger partial charge is 0.0640 e. The highest BCUT2D eigenvalue weighted by Gasteiger charge is 2.07. The van der Waals surface area contributed by atoms with E-state index in [0.29, 0.717) is 0 Å². The lowest BCUT2D eigenvalue weighted by molar-refractivity contribution is 0.512. The van der Waals surface area contributed by atoms with E-state index in [1.165, 1.54) is 5.56 Å². The van der Waals surface area contributed by atoms with Gasteiger partial charge in [-0.25, -0.2) is 5.43 Å². The quantitative estimate of drug-likeness (QED) is 0.748. The van der Waals surface area contributed by atoms with Crippen LogP contribution >= 0.6 is 0 Å². The van der Waals surface area contributed by atoms with Crippen molar-refractivity contribution < 1.29 is 0 Å². The molecule has 0 heterocycles. The van der Waals surface area contributed by atoms with Crippen LogP contribution in [0, 0.1) is 0 Å². The third-order valence-corrected chi connectivity index (χ3v) is 2.52. The van der Waals surface area contributed by atoms with Gasteiger partial charge in [-0.3, -0.25) is 5.43 Å². The number of benzene rings is 1. The predicted molar refractivity (Wildman–Crippen MR) is 67.6 cm³/mol. The van der Waals surface area contributed by atoms with Crippen molar-refractivity contribution in [1.29, 1.82) is 0 Å². The zero-order valence-corrected chi connectivity index (χ0v) is 9.19. The summed E-state index contributed by atoms with van der Waals surface area (Å²) >= 11 is 0. The molecule has 1 aliphatic rings. The molecule has 0 aliphatic heterocycles. The summed E-state index contributed by atoms with van der Waals surface area (Å²) in [5.74, 6) is 0. The number of hydrazine groups is 1. The van der Waals surface area contributed by atoms with Crippen LogP contribution in [0.2, 0.25) is 0 Å². The molecule has 1 unspecified atom stereocenters. The van der Waals surface area contributed by atoms with Crippen molar-refractivity contribution in [3.8, 4) is 0 Å². The van der Waals surface area contributed by atoms with Crippen LogP contribution in [0.15, 0.2) is 66.8 Å². The second kappa shape index (κ2) is 5.45. The SMILES string of the molecule is C=C1C=CC=CC1NNCc1ccccc1. The van der Waals surface area contributed by atoms with Crippen LogP contribution in [0.4, 0.5) is 0 Å². The van der Waals surface area contributed by atoms with E-state index in [2.05, 4.69) is 35.6 Å². The van der Waals surface area contributed by atoms with Gasteiger partial charge in [0.15, 0.2) is 0 Å². The number of nitrogens with one attached hydrogen (secondary N) is 2. The lowest BCUT2D eigenvalue weighted by Crippen LogP contribution is -2.40. The van der Waals surface area contributed by atoms with E-state index in [4.69, 9.17) is 0 Å². The van der Waals surface area contributed by atoms with Gasteiger partial charge in [0.2, 0.25) is 0 Å². The summed E-state index contributed by atoms with van der Waals surface area (Å²) in [5, 5.41) is 0. The molecule has 1 atom stereocenters. The molecule has 2 N–H and O–H groups in total. The first-order valence-corrected chi connectivity index (χ1v) is 5.42. The predicted octanol–water partition coefficient (Wildman–Crippen LogP) is 2.33. The molecule has 2 rings (SSSR count). The fourth-order valence-corrected chi connectivity index (χ4v) is 1.58. The van der Waals surface area contributed by atoms with Gasteiger partial charge in [-0.15, -0.1) is 0 Å². The van der Waals surface area contributed by atoms with Crippen molar-refractivity contribution in [2.24, 2.45) is 0 Å². The van der Waals surface area contributed by atoms with Gasteiger partial charge in [0.25, 0.3) is 0 Å². The largest absolute Gasteiger partial charge is 0.253 e. The Morgan fingerprint density at radius 3 is 2.69 bits per heavy atom. The monoisotopic (exact) mass is 212 g/mol. The summed E-state index contributed by atoms with van der Waals surface area (Å²) in [6.45, 7) is 4.79. The molecule has 0 bridgehead atoms. The first-order valence-electron chi connectivity index (χ1n) is 5.42. The molecule has 2 nitrogen and oxygen atoms in total. The highest BCUT2D eigenvalue weighted by Crippen LogP contribution is 2.07. The molecule has 1 aromatic carbocycles. The maximum Gasteiger partial charge on any atom is 0.0640 e. The van der Waals surface area contributed by atoms with E-state index in [-0.39, 0.29) is 6.04 Å². The minimum Gasteiger partial charge on any atom is -0.253 e. The van der Waals surface area contributed by atoms with Gasteiger partial charge in [-0.1, -0.05) is 61.2 Å². The van der Waals surface area contributed by atoms with E-state index in [9.17, 15) is 0 Å². The molecule has 1 aromatic rings. The Balaban J connectivity index is 1.78. The molecular formula is C14H16N2. The highest BCUT2D eigenvalue weighted by atomic mass is 15.4. The van der Waals surface area contributed by atoms with Crippen molar-refractivity contribution in [2.75, 3.05) is 0 Å². The molecular weight excluding hydrogens is 196 g/mol. The van der Waals surface area contributed by atoms with Gasteiger partial charge < -0.3 is 0 Å². The second-order valence-electron chi connectivity index (χ2n) is 3.78. The van der Waals surface area contributed by atoms with Gasteiger partial charge in [-0.05, 0) is 11.1 Å². The molecule has 0 saturated heterocycles. The summed E-state index contributed by atoms with van der Waals surface area (Å²) in [5.41, 5.74) is 8.77. The molecule has 0 radical (unpaired) electrons. The minimum absolute atomic E-state index is 0.189. The van der Waals surface area contributed by atoms with Gasteiger partial charge in [-0.2, -0.15) is 0 Å². The molecule has 1 aliphatic carbocycles. The number of allylic oxidation sites excluding steroid dienone is 2. The van der Waals surface area contributed by atoms with Crippen molar-refractivity contribution in [3.63, 3.8) is 0 Å². The minimum atomic E-state index is 0.189. The standard InChI is InChI=1S/C14H16N2/c1-12-7-5-6-10-14(12)16-15-11-13-8-3-2-4-9-13/h2-10,14-16H,1,11H2. The first-order chi connectivity index (χ1) is 7.86. The number of hydrogen-bond acceptors (Lipinski definition) is 2. The summed E-state index contributed by atoms with van der Waals surface area (Å²) in [4.78, 5) is 0. The zero-order valence-electron chi connectivity index (χ0n) is 9.19.